The molecule has 0 aromatic heterocycles. The molecule has 0 saturated heterocycles. The van der Waals surface area contributed by atoms with Crippen molar-refractivity contribution in [1.29, 1.82) is 0 Å². The molecule has 0 fully saturated rings. The minimum atomic E-state index is -1.03. The van der Waals surface area contributed by atoms with Gasteiger partial charge in [0.05, 0.1) is 11.1 Å². The topological polar surface area (TPSA) is 85.2 Å². The van der Waals surface area contributed by atoms with Crippen molar-refractivity contribution in [2.24, 2.45) is 0 Å². The zero-order valence-electron chi connectivity index (χ0n) is 16.2. The van der Waals surface area contributed by atoms with Crippen LogP contribution in [-0.4, -0.2) is 47.7 Å². The molecule has 158 valence electrons. The summed E-state index contributed by atoms with van der Waals surface area (Å²) in [7, 11) is 0. The normalized spacial score (nSPS) is 13.2. The molecule has 0 spiro atoms. The third kappa shape index (κ3) is 7.89. The van der Waals surface area contributed by atoms with Crippen LogP contribution in [0.15, 0.2) is 42.5 Å². The minimum Gasteiger partial charge on any atom is -0.491 e. The zero-order chi connectivity index (χ0) is 21.4. The molecule has 0 aliphatic rings. The van der Waals surface area contributed by atoms with E-state index in [0.29, 0.717) is 11.5 Å². The van der Waals surface area contributed by atoms with Gasteiger partial charge in [0.1, 0.15) is 36.6 Å². The van der Waals surface area contributed by atoms with Crippen LogP contribution in [0.3, 0.4) is 0 Å². The van der Waals surface area contributed by atoms with E-state index in [-0.39, 0.29) is 30.8 Å². The highest BCUT2D eigenvalue weighted by atomic mass is 35.5. The van der Waals surface area contributed by atoms with Gasteiger partial charge >= 0.3 is 5.97 Å². The van der Waals surface area contributed by atoms with Crippen LogP contribution in [0.5, 0.6) is 11.5 Å². The van der Waals surface area contributed by atoms with Crippen molar-refractivity contribution in [3.8, 4) is 11.5 Å². The van der Waals surface area contributed by atoms with Crippen molar-refractivity contribution in [2.75, 3.05) is 13.2 Å². The lowest BCUT2D eigenvalue weighted by Crippen LogP contribution is -2.29. The second-order valence-corrected chi connectivity index (χ2v) is 7.12. The van der Waals surface area contributed by atoms with Gasteiger partial charge in [-0.15, -0.1) is 0 Å². The standard InChI is InChI=1S/C21H24ClFO6/c1-13(2)29-20(21(25)26)9-14-4-3-5-16(8-14)27-11-15(24)12-28-17-6-7-19(23)18(22)10-17/h3-8,10,13,15,20,24H,9,11-12H2,1-2H3,(H,25,26). The molecule has 2 rings (SSSR count). The van der Waals surface area contributed by atoms with Crippen LogP contribution in [0, 0.1) is 5.82 Å². The van der Waals surface area contributed by atoms with Gasteiger partial charge in [-0.3, -0.25) is 0 Å². The van der Waals surface area contributed by atoms with Crippen LogP contribution in [-0.2, 0) is 16.0 Å². The first-order valence-electron chi connectivity index (χ1n) is 9.10. The second kappa shape index (κ2) is 11.0. The Kier molecular flexibility index (Phi) is 8.70. The van der Waals surface area contributed by atoms with Crippen molar-refractivity contribution < 1.29 is 33.6 Å². The maximum absolute atomic E-state index is 13.1. The third-order valence-electron chi connectivity index (χ3n) is 3.81. The summed E-state index contributed by atoms with van der Waals surface area (Å²) in [5.74, 6) is -0.757. The van der Waals surface area contributed by atoms with E-state index in [4.69, 9.17) is 25.8 Å². The van der Waals surface area contributed by atoms with E-state index < -0.39 is 24.0 Å². The summed E-state index contributed by atoms with van der Waals surface area (Å²) in [4.78, 5) is 11.3. The number of carbonyl (C=O) groups is 1. The minimum absolute atomic E-state index is 0.0385. The number of aliphatic hydroxyl groups excluding tert-OH is 1. The number of benzene rings is 2. The van der Waals surface area contributed by atoms with Gasteiger partial charge in [0.2, 0.25) is 0 Å². The molecular formula is C21H24ClFO6. The highest BCUT2D eigenvalue weighted by Gasteiger charge is 2.20. The van der Waals surface area contributed by atoms with Crippen LogP contribution < -0.4 is 9.47 Å². The number of aliphatic hydroxyl groups is 1. The molecule has 2 aromatic rings. The largest absolute Gasteiger partial charge is 0.491 e. The Morgan fingerprint density at radius 3 is 2.34 bits per heavy atom. The SMILES string of the molecule is CC(C)OC(Cc1cccc(OCC(O)COc2ccc(F)c(Cl)c2)c1)C(=O)O. The zero-order valence-corrected chi connectivity index (χ0v) is 16.9. The van der Waals surface area contributed by atoms with E-state index in [0.717, 1.165) is 5.56 Å². The predicted octanol–water partition coefficient (Wildman–Crippen LogP) is 3.72. The highest BCUT2D eigenvalue weighted by Crippen LogP contribution is 2.21. The molecule has 2 unspecified atom stereocenters. The van der Waals surface area contributed by atoms with E-state index in [2.05, 4.69) is 0 Å². The molecule has 29 heavy (non-hydrogen) atoms. The summed E-state index contributed by atoms with van der Waals surface area (Å²) >= 11 is 5.68. The van der Waals surface area contributed by atoms with Gasteiger partial charge in [-0.25, -0.2) is 9.18 Å². The Morgan fingerprint density at radius 2 is 1.76 bits per heavy atom. The van der Waals surface area contributed by atoms with E-state index in [1.54, 1.807) is 38.1 Å². The van der Waals surface area contributed by atoms with Gasteiger partial charge in [-0.05, 0) is 43.7 Å². The number of ether oxygens (including phenoxy) is 3. The second-order valence-electron chi connectivity index (χ2n) is 6.71. The number of hydrogen-bond acceptors (Lipinski definition) is 5. The van der Waals surface area contributed by atoms with Crippen molar-refractivity contribution in [2.45, 2.75) is 38.6 Å². The first-order chi connectivity index (χ1) is 13.7. The Hall–Kier alpha value is -2.35. The summed E-state index contributed by atoms with van der Waals surface area (Å²) in [6.45, 7) is 3.45. The summed E-state index contributed by atoms with van der Waals surface area (Å²) in [6.07, 6.45) is -1.89. The quantitative estimate of drug-likeness (QED) is 0.569. The molecule has 0 aliphatic carbocycles. The van der Waals surface area contributed by atoms with Crippen molar-refractivity contribution in [1.82, 2.24) is 0 Å². The number of rotatable bonds is 11. The number of carboxylic acid groups (broad SMARTS) is 1. The van der Waals surface area contributed by atoms with Crippen LogP contribution in [0.1, 0.15) is 19.4 Å². The van der Waals surface area contributed by atoms with Crippen molar-refractivity contribution >= 4 is 17.6 Å². The summed E-state index contributed by atoms with van der Waals surface area (Å²) in [5, 5.41) is 19.2. The van der Waals surface area contributed by atoms with Gasteiger partial charge in [0.25, 0.3) is 0 Å². The first-order valence-corrected chi connectivity index (χ1v) is 9.48. The first kappa shape index (κ1) is 22.9. The molecule has 2 aromatic carbocycles. The molecule has 0 amide bonds. The molecular weight excluding hydrogens is 403 g/mol. The summed E-state index contributed by atoms with van der Waals surface area (Å²) < 4.78 is 29.5. The molecule has 2 atom stereocenters. The Balaban J connectivity index is 1.86. The summed E-state index contributed by atoms with van der Waals surface area (Å²) in [5.41, 5.74) is 0.738. The van der Waals surface area contributed by atoms with Crippen LogP contribution in [0.4, 0.5) is 4.39 Å². The van der Waals surface area contributed by atoms with Gasteiger partial charge in [0.15, 0.2) is 6.10 Å². The lowest BCUT2D eigenvalue weighted by molar-refractivity contribution is -0.153. The van der Waals surface area contributed by atoms with Crippen LogP contribution in [0.2, 0.25) is 5.02 Å². The smallest absolute Gasteiger partial charge is 0.333 e. The van der Waals surface area contributed by atoms with E-state index in [1.165, 1.54) is 18.2 Å². The lowest BCUT2D eigenvalue weighted by atomic mass is 10.1. The molecule has 0 heterocycles. The van der Waals surface area contributed by atoms with E-state index >= 15 is 0 Å². The number of halogens is 2. The fourth-order valence-corrected chi connectivity index (χ4v) is 2.67. The highest BCUT2D eigenvalue weighted by molar-refractivity contribution is 6.30. The van der Waals surface area contributed by atoms with E-state index in [1.807, 2.05) is 0 Å². The van der Waals surface area contributed by atoms with Gasteiger partial charge < -0.3 is 24.4 Å². The maximum atomic E-state index is 13.1. The number of aliphatic carboxylic acids is 1. The van der Waals surface area contributed by atoms with E-state index in [9.17, 15) is 19.4 Å². The molecule has 2 N–H and O–H groups in total. The lowest BCUT2D eigenvalue weighted by Gasteiger charge is -2.17. The number of hydrogen-bond donors (Lipinski definition) is 2. The van der Waals surface area contributed by atoms with Gasteiger partial charge in [-0.1, -0.05) is 23.7 Å². The average molecular weight is 427 g/mol. The fraction of sp³-hybridized carbons (Fsp3) is 0.381. The van der Waals surface area contributed by atoms with Crippen LogP contribution in [0.25, 0.3) is 0 Å². The Morgan fingerprint density at radius 1 is 1.10 bits per heavy atom. The predicted molar refractivity (Wildman–Crippen MR) is 106 cm³/mol. The molecule has 0 radical (unpaired) electrons. The maximum Gasteiger partial charge on any atom is 0.333 e. The Labute approximate surface area is 173 Å². The summed E-state index contributed by atoms with van der Waals surface area (Å²) in [6, 6.07) is 10.8. The monoisotopic (exact) mass is 426 g/mol. The number of carboxylic acids is 1. The van der Waals surface area contributed by atoms with Crippen molar-refractivity contribution in [3.63, 3.8) is 0 Å². The Bertz CT molecular complexity index is 814. The van der Waals surface area contributed by atoms with Gasteiger partial charge in [0, 0.05) is 12.5 Å². The third-order valence-corrected chi connectivity index (χ3v) is 4.10. The molecule has 6 nitrogen and oxygen atoms in total. The molecule has 0 bridgehead atoms. The molecule has 0 aliphatic heterocycles. The van der Waals surface area contributed by atoms with Gasteiger partial charge in [-0.2, -0.15) is 0 Å². The molecule has 8 heteroatoms. The van der Waals surface area contributed by atoms with Crippen molar-refractivity contribution in [3.05, 3.63) is 58.9 Å². The van der Waals surface area contributed by atoms with Crippen LogP contribution >= 0.6 is 11.6 Å². The molecule has 0 saturated carbocycles. The average Bonchev–Trinajstić information content (AvgIpc) is 2.66. The fourth-order valence-electron chi connectivity index (χ4n) is 2.50.